The largest absolute Gasteiger partial charge is 0.493 e. The third-order valence-corrected chi connectivity index (χ3v) is 14.4. The topological polar surface area (TPSA) is 171 Å². The van der Waals surface area contributed by atoms with Crippen LogP contribution in [0.2, 0.25) is 0 Å². The first-order chi connectivity index (χ1) is 37.2. The Morgan fingerprint density at radius 1 is 0.605 bits per heavy atom. The summed E-state index contributed by atoms with van der Waals surface area (Å²) in [5.41, 5.74) is 1.73. The van der Waals surface area contributed by atoms with Crippen LogP contribution in [0.4, 0.5) is 5.13 Å². The molecule has 0 radical (unpaired) electrons. The fraction of sp³-hybridized carbons (Fsp3) is 0.433. The molecule has 0 unspecified atom stereocenters. The van der Waals surface area contributed by atoms with Crippen LogP contribution in [0, 0.1) is 23.7 Å². The van der Waals surface area contributed by atoms with E-state index in [2.05, 4.69) is 26.1 Å². The molecule has 0 bridgehead atoms. The summed E-state index contributed by atoms with van der Waals surface area (Å²) in [5, 5.41) is 7.90. The summed E-state index contributed by atoms with van der Waals surface area (Å²) in [6.45, 7) is 11.9. The SMILES string of the molecule is C=CC(=O)OCCCOc1ccc(OC(=O)C2CCC(COc3ccc(OCC4CCC(C(=O)Oc5ccc(OCCCOC(=O)C=C)cc5)CC4)c(/C=N/N(CCCCCC)c4nc5ccccc5s4)c3)CC2)cc1. The third kappa shape index (κ3) is 18.3. The van der Waals surface area contributed by atoms with E-state index in [4.69, 9.17) is 48.0 Å². The minimum Gasteiger partial charge on any atom is -0.493 e. The molecule has 1 aromatic heterocycles. The van der Waals surface area contributed by atoms with Gasteiger partial charge in [0.05, 0.1) is 67.9 Å². The number of hydrogen-bond acceptors (Lipinski definition) is 16. The highest BCUT2D eigenvalue weighted by Crippen LogP contribution is 2.35. The van der Waals surface area contributed by atoms with E-state index in [1.54, 1.807) is 59.9 Å². The van der Waals surface area contributed by atoms with Gasteiger partial charge in [0, 0.05) is 37.1 Å². The van der Waals surface area contributed by atoms with Gasteiger partial charge in [-0.2, -0.15) is 5.10 Å². The molecule has 2 fully saturated rings. The lowest BCUT2D eigenvalue weighted by Crippen LogP contribution is -2.28. The zero-order valence-electron chi connectivity index (χ0n) is 43.6. The smallest absolute Gasteiger partial charge is 0.330 e. The second-order valence-electron chi connectivity index (χ2n) is 19.1. The fourth-order valence-electron chi connectivity index (χ4n) is 8.96. The standard InChI is InChI=1S/C60H71N3O12S/c1-4-7-8-11-34-63(60-62-53-14-9-10-15-55(53)76-60)61-40-47-39-52(72-41-43-16-20-45(21-17-43)58(66)74-50-28-24-48(25-29-50)68-35-12-37-70-56(64)5-2)32-33-54(47)73-42-44-18-22-46(23-19-44)59(67)75-51-30-26-49(27-31-51)69-36-13-38-71-57(65)6-3/h5-6,9-10,14-15,24-33,39-40,43-46H,2-4,7-8,11-13,16-23,34-38,41-42H2,1H3/b61-40+. The molecule has 0 atom stereocenters. The summed E-state index contributed by atoms with van der Waals surface area (Å²) in [4.78, 5) is 53.8. The average molecular weight is 1060 g/mol. The number of unbranched alkanes of at least 4 members (excludes halogenated alkanes) is 3. The predicted molar refractivity (Wildman–Crippen MR) is 294 cm³/mol. The van der Waals surface area contributed by atoms with Gasteiger partial charge in [0.2, 0.25) is 5.13 Å². The van der Waals surface area contributed by atoms with Crippen LogP contribution in [0.1, 0.15) is 102 Å². The lowest BCUT2D eigenvalue weighted by Gasteiger charge is -2.28. The molecule has 1 heterocycles. The van der Waals surface area contributed by atoms with Crippen LogP contribution in [0.25, 0.3) is 10.2 Å². The summed E-state index contributed by atoms with van der Waals surface area (Å²) >= 11 is 1.63. The van der Waals surface area contributed by atoms with Gasteiger partial charge in [-0.25, -0.2) is 19.6 Å². The zero-order valence-corrected chi connectivity index (χ0v) is 44.4. The van der Waals surface area contributed by atoms with Crippen molar-refractivity contribution in [1.29, 1.82) is 0 Å². The molecule has 16 heteroatoms. The van der Waals surface area contributed by atoms with Crippen LogP contribution in [0.15, 0.2) is 121 Å². The van der Waals surface area contributed by atoms with Gasteiger partial charge in [-0.05, 0) is 148 Å². The van der Waals surface area contributed by atoms with E-state index >= 15 is 0 Å². The Hall–Kier alpha value is -7.20. The monoisotopic (exact) mass is 1060 g/mol. The van der Waals surface area contributed by atoms with Crippen LogP contribution in [0.3, 0.4) is 0 Å². The Morgan fingerprint density at radius 3 is 1.67 bits per heavy atom. The number of fused-ring (bicyclic) bond motifs is 1. The van der Waals surface area contributed by atoms with E-state index in [1.165, 1.54) is 0 Å². The van der Waals surface area contributed by atoms with Gasteiger partial charge in [0.1, 0.15) is 34.5 Å². The summed E-state index contributed by atoms with van der Waals surface area (Å²) in [6, 6.07) is 27.9. The third-order valence-electron chi connectivity index (χ3n) is 13.4. The van der Waals surface area contributed by atoms with E-state index in [0.29, 0.717) is 99.4 Å². The number of carbonyl (C=O) groups is 4. The molecule has 15 nitrogen and oxygen atoms in total. The lowest BCUT2D eigenvalue weighted by molar-refractivity contribution is -0.141. The number of ether oxygens (including phenoxy) is 8. The summed E-state index contributed by atoms with van der Waals surface area (Å²) in [6.07, 6.45) is 15.7. The molecule has 5 aromatic rings. The van der Waals surface area contributed by atoms with E-state index in [0.717, 1.165) is 91.0 Å². The molecule has 404 valence electrons. The van der Waals surface area contributed by atoms with Crippen LogP contribution in [-0.2, 0) is 28.7 Å². The van der Waals surface area contributed by atoms with Crippen molar-refractivity contribution in [2.45, 2.75) is 96.8 Å². The van der Waals surface area contributed by atoms with Crippen molar-refractivity contribution in [2.75, 3.05) is 51.2 Å². The van der Waals surface area contributed by atoms with Crippen molar-refractivity contribution in [3.8, 4) is 34.5 Å². The van der Waals surface area contributed by atoms with Gasteiger partial charge in [0.25, 0.3) is 0 Å². The molecular weight excluding hydrogens is 987 g/mol. The van der Waals surface area contributed by atoms with Crippen LogP contribution in [0.5, 0.6) is 34.5 Å². The van der Waals surface area contributed by atoms with Crippen LogP contribution < -0.4 is 33.4 Å². The second kappa shape index (κ2) is 30.4. The Bertz CT molecular complexity index is 2640. The first kappa shape index (κ1) is 56.5. The molecule has 0 N–H and O–H groups in total. The number of carbonyl (C=O) groups excluding carboxylic acids is 4. The number of benzene rings is 4. The number of nitrogens with zero attached hydrogens (tertiary/aromatic N) is 3. The minimum absolute atomic E-state index is 0.195. The van der Waals surface area contributed by atoms with Crippen LogP contribution in [-0.4, -0.2) is 81.3 Å². The minimum atomic E-state index is -0.463. The van der Waals surface area contributed by atoms with Crippen molar-refractivity contribution in [3.05, 3.63) is 122 Å². The van der Waals surface area contributed by atoms with Gasteiger partial charge in [0.15, 0.2) is 0 Å². The number of thiazole rings is 1. The van der Waals surface area contributed by atoms with Crippen molar-refractivity contribution in [1.82, 2.24) is 4.98 Å². The normalized spacial score (nSPS) is 17.3. The van der Waals surface area contributed by atoms with E-state index in [-0.39, 0.29) is 48.8 Å². The maximum atomic E-state index is 13.2. The highest BCUT2D eigenvalue weighted by Gasteiger charge is 2.30. The van der Waals surface area contributed by atoms with Crippen LogP contribution >= 0.6 is 11.3 Å². The Balaban J connectivity index is 0.917. The number of para-hydroxylation sites is 1. The van der Waals surface area contributed by atoms with Crippen molar-refractivity contribution in [2.24, 2.45) is 28.8 Å². The molecule has 2 saturated carbocycles. The molecule has 0 aliphatic heterocycles. The Labute approximate surface area is 450 Å². The molecule has 0 spiro atoms. The number of anilines is 1. The number of hydrogen-bond donors (Lipinski definition) is 0. The first-order valence-corrected chi connectivity index (χ1v) is 27.5. The summed E-state index contributed by atoms with van der Waals surface area (Å²) < 4.78 is 47.1. The van der Waals surface area contributed by atoms with E-state index in [1.807, 2.05) is 47.6 Å². The summed E-state index contributed by atoms with van der Waals surface area (Å²) in [7, 11) is 0. The number of hydrazone groups is 1. The first-order valence-electron chi connectivity index (χ1n) is 26.7. The molecule has 4 aromatic carbocycles. The fourth-order valence-corrected chi connectivity index (χ4v) is 9.91. The molecule has 2 aliphatic rings. The van der Waals surface area contributed by atoms with Gasteiger partial charge in [-0.3, -0.25) is 9.59 Å². The van der Waals surface area contributed by atoms with E-state index < -0.39 is 11.9 Å². The molecule has 2 aliphatic carbocycles. The van der Waals surface area contributed by atoms with E-state index in [9.17, 15) is 19.2 Å². The quantitative estimate of drug-likeness (QED) is 0.0106. The molecule has 7 rings (SSSR count). The number of rotatable bonds is 30. The maximum Gasteiger partial charge on any atom is 0.330 e. The van der Waals surface area contributed by atoms with Crippen molar-refractivity contribution >= 4 is 56.8 Å². The second-order valence-corrected chi connectivity index (χ2v) is 20.1. The van der Waals surface area contributed by atoms with Gasteiger partial charge in [-0.1, -0.05) is 62.8 Å². The molecule has 76 heavy (non-hydrogen) atoms. The highest BCUT2D eigenvalue weighted by molar-refractivity contribution is 7.22. The number of aromatic nitrogens is 1. The molecular formula is C60H71N3O12S. The van der Waals surface area contributed by atoms with Gasteiger partial charge in [-0.15, -0.1) is 0 Å². The van der Waals surface area contributed by atoms with Crippen molar-refractivity contribution in [3.63, 3.8) is 0 Å². The summed E-state index contributed by atoms with van der Waals surface area (Å²) in [5.74, 6) is 2.33. The lowest BCUT2D eigenvalue weighted by atomic mass is 9.82. The maximum absolute atomic E-state index is 13.2. The zero-order chi connectivity index (χ0) is 53.3. The Kier molecular flexibility index (Phi) is 22.6. The highest BCUT2D eigenvalue weighted by atomic mass is 32.1. The average Bonchev–Trinajstić information content (AvgIpc) is 3.89. The molecule has 0 amide bonds. The number of esters is 4. The Morgan fingerprint density at radius 2 is 1.13 bits per heavy atom. The van der Waals surface area contributed by atoms with Crippen molar-refractivity contribution < 1.29 is 57.1 Å². The molecule has 0 saturated heterocycles. The van der Waals surface area contributed by atoms with Gasteiger partial charge >= 0.3 is 23.9 Å². The van der Waals surface area contributed by atoms with Gasteiger partial charge < -0.3 is 37.9 Å². The predicted octanol–water partition coefficient (Wildman–Crippen LogP) is 12.3.